The van der Waals surface area contributed by atoms with Gasteiger partial charge in [-0.25, -0.2) is 4.79 Å². The van der Waals surface area contributed by atoms with Crippen molar-refractivity contribution >= 4 is 28.0 Å². The smallest absolute Gasteiger partial charge is 0.338 e. The minimum Gasteiger partial charge on any atom is -0.462 e. The Labute approximate surface area is 131 Å². The highest BCUT2D eigenvalue weighted by molar-refractivity contribution is 7.13. The molecule has 6 nitrogen and oxygen atoms in total. The maximum atomic E-state index is 11.7. The van der Waals surface area contributed by atoms with E-state index < -0.39 is 4.92 Å². The molecule has 1 aromatic carbocycles. The lowest BCUT2D eigenvalue weighted by atomic mass is 10.2. The third-order valence-corrected chi connectivity index (χ3v) is 3.80. The molecule has 1 heterocycles. The first-order valence-electron chi connectivity index (χ1n) is 6.83. The number of rotatable bonds is 7. The molecule has 0 bridgehead atoms. The molecule has 1 aromatic heterocycles. The van der Waals surface area contributed by atoms with Crippen molar-refractivity contribution in [3.05, 3.63) is 57.0 Å². The van der Waals surface area contributed by atoms with Gasteiger partial charge < -0.3 is 10.1 Å². The zero-order valence-electron chi connectivity index (χ0n) is 12.1. The molecular formula is C15H16N2O4S. The van der Waals surface area contributed by atoms with Gasteiger partial charge in [0.25, 0.3) is 0 Å². The monoisotopic (exact) mass is 320 g/mol. The first kappa shape index (κ1) is 16.0. The van der Waals surface area contributed by atoms with Gasteiger partial charge in [-0.1, -0.05) is 18.3 Å². The zero-order valence-corrected chi connectivity index (χ0v) is 12.9. The first-order valence-corrected chi connectivity index (χ1v) is 7.71. The Bertz CT molecular complexity index is 652. The zero-order chi connectivity index (χ0) is 15.9. The predicted molar refractivity (Wildman–Crippen MR) is 85.3 cm³/mol. The molecule has 0 aliphatic carbocycles. The van der Waals surface area contributed by atoms with Crippen molar-refractivity contribution in [3.8, 4) is 0 Å². The Hall–Kier alpha value is -2.41. The van der Waals surface area contributed by atoms with Gasteiger partial charge in [0, 0.05) is 23.7 Å². The van der Waals surface area contributed by atoms with Crippen LogP contribution in [0, 0.1) is 10.1 Å². The Kier molecular flexibility index (Phi) is 5.48. The molecule has 0 aliphatic rings. The van der Waals surface area contributed by atoms with E-state index in [0.717, 1.165) is 29.0 Å². The van der Waals surface area contributed by atoms with Gasteiger partial charge in [-0.15, -0.1) is 0 Å². The second-order valence-electron chi connectivity index (χ2n) is 4.62. The maximum absolute atomic E-state index is 11.7. The van der Waals surface area contributed by atoms with Crippen molar-refractivity contribution in [1.82, 2.24) is 0 Å². The number of carbonyl (C=O) groups excluding carboxylic acids is 1. The van der Waals surface area contributed by atoms with Crippen molar-refractivity contribution in [1.29, 1.82) is 0 Å². The highest BCUT2D eigenvalue weighted by Crippen LogP contribution is 2.23. The Morgan fingerprint density at radius 1 is 1.36 bits per heavy atom. The molecule has 0 aliphatic heterocycles. The molecule has 0 atom stereocenters. The minimum absolute atomic E-state index is 0.130. The number of nitro groups is 1. The summed E-state index contributed by atoms with van der Waals surface area (Å²) in [5.41, 5.74) is 2.19. The second kappa shape index (κ2) is 7.56. The van der Waals surface area contributed by atoms with E-state index in [-0.39, 0.29) is 11.0 Å². The summed E-state index contributed by atoms with van der Waals surface area (Å²) in [4.78, 5) is 21.9. The van der Waals surface area contributed by atoms with Crippen molar-refractivity contribution in [2.45, 2.75) is 19.9 Å². The van der Waals surface area contributed by atoms with E-state index in [2.05, 4.69) is 5.32 Å². The summed E-state index contributed by atoms with van der Waals surface area (Å²) in [6.07, 6.45) is 0.790. The molecule has 2 rings (SSSR count). The average Bonchev–Trinajstić information content (AvgIpc) is 3.00. The molecule has 0 saturated heterocycles. The number of hydrogen-bond acceptors (Lipinski definition) is 6. The van der Waals surface area contributed by atoms with Crippen LogP contribution in [0.5, 0.6) is 0 Å². The van der Waals surface area contributed by atoms with Gasteiger partial charge in [-0.2, -0.15) is 0 Å². The van der Waals surface area contributed by atoms with Gasteiger partial charge in [0.15, 0.2) is 0 Å². The Balaban J connectivity index is 1.90. The third-order valence-electron chi connectivity index (χ3n) is 2.87. The van der Waals surface area contributed by atoms with Crippen molar-refractivity contribution in [2.24, 2.45) is 0 Å². The summed E-state index contributed by atoms with van der Waals surface area (Å²) in [5.74, 6) is -0.332. The van der Waals surface area contributed by atoms with E-state index in [1.165, 1.54) is 0 Å². The van der Waals surface area contributed by atoms with Crippen LogP contribution in [0.4, 0.5) is 10.7 Å². The predicted octanol–water partition coefficient (Wildman–Crippen LogP) is 3.84. The van der Waals surface area contributed by atoms with Crippen LogP contribution < -0.4 is 5.32 Å². The quantitative estimate of drug-likeness (QED) is 0.476. The minimum atomic E-state index is -0.398. The molecule has 0 amide bonds. The van der Waals surface area contributed by atoms with Crippen LogP contribution in [0.2, 0.25) is 0 Å². The van der Waals surface area contributed by atoms with Gasteiger partial charge >= 0.3 is 11.0 Å². The van der Waals surface area contributed by atoms with E-state index in [1.807, 2.05) is 6.92 Å². The number of benzene rings is 1. The standard InChI is InChI=1S/C15H16N2O4S/c1-2-7-21-15(18)12-3-5-13(6-4-12)16-9-11-8-14(17(19)20)22-10-11/h3-6,8,10,16H,2,7,9H2,1H3. The highest BCUT2D eigenvalue weighted by atomic mass is 32.1. The second-order valence-corrected chi connectivity index (χ2v) is 5.51. The van der Waals surface area contributed by atoms with Crippen LogP contribution in [0.1, 0.15) is 29.3 Å². The molecule has 7 heteroatoms. The van der Waals surface area contributed by atoms with Crippen LogP contribution >= 0.6 is 11.3 Å². The van der Waals surface area contributed by atoms with E-state index >= 15 is 0 Å². The lowest BCUT2D eigenvalue weighted by molar-refractivity contribution is -0.380. The SMILES string of the molecule is CCCOC(=O)c1ccc(NCc2csc([N+](=O)[O-])c2)cc1. The summed E-state index contributed by atoms with van der Waals surface area (Å²) in [5, 5.41) is 15.7. The third kappa shape index (κ3) is 4.29. The van der Waals surface area contributed by atoms with Gasteiger partial charge in [0.2, 0.25) is 0 Å². The van der Waals surface area contributed by atoms with E-state index in [9.17, 15) is 14.9 Å². The highest BCUT2D eigenvalue weighted by Gasteiger charge is 2.09. The topological polar surface area (TPSA) is 81.5 Å². The summed E-state index contributed by atoms with van der Waals surface area (Å²) in [6.45, 7) is 2.84. The lowest BCUT2D eigenvalue weighted by Gasteiger charge is -2.06. The van der Waals surface area contributed by atoms with Crippen molar-refractivity contribution < 1.29 is 14.5 Å². The van der Waals surface area contributed by atoms with Crippen molar-refractivity contribution in [3.63, 3.8) is 0 Å². The molecule has 22 heavy (non-hydrogen) atoms. The van der Waals surface area contributed by atoms with Crippen LogP contribution in [0.15, 0.2) is 35.7 Å². The summed E-state index contributed by atoms with van der Waals surface area (Å²) in [6, 6.07) is 8.49. The first-order chi connectivity index (χ1) is 10.6. The van der Waals surface area contributed by atoms with Gasteiger partial charge in [-0.3, -0.25) is 10.1 Å². The fourth-order valence-corrected chi connectivity index (χ4v) is 2.49. The van der Waals surface area contributed by atoms with Crippen LogP contribution in [0.3, 0.4) is 0 Å². The Morgan fingerprint density at radius 3 is 2.68 bits per heavy atom. The molecule has 1 N–H and O–H groups in total. The molecule has 0 radical (unpaired) electrons. The largest absolute Gasteiger partial charge is 0.462 e. The average molecular weight is 320 g/mol. The molecule has 0 fully saturated rings. The van der Waals surface area contributed by atoms with Gasteiger partial charge in [0.1, 0.15) is 0 Å². The lowest BCUT2D eigenvalue weighted by Crippen LogP contribution is -2.06. The summed E-state index contributed by atoms with van der Waals surface area (Å²) >= 11 is 1.11. The van der Waals surface area contributed by atoms with Crippen LogP contribution in [0.25, 0.3) is 0 Å². The normalized spacial score (nSPS) is 10.2. The molecular weight excluding hydrogens is 304 g/mol. The summed E-state index contributed by atoms with van der Waals surface area (Å²) < 4.78 is 5.05. The number of anilines is 1. The van der Waals surface area contributed by atoms with Crippen molar-refractivity contribution in [2.75, 3.05) is 11.9 Å². The van der Waals surface area contributed by atoms with E-state index in [0.29, 0.717) is 18.7 Å². The number of hydrogen-bond donors (Lipinski definition) is 1. The molecule has 0 unspecified atom stereocenters. The van der Waals surface area contributed by atoms with E-state index in [1.54, 1.807) is 35.7 Å². The number of esters is 1. The van der Waals surface area contributed by atoms with Crippen LogP contribution in [-0.2, 0) is 11.3 Å². The maximum Gasteiger partial charge on any atom is 0.338 e. The van der Waals surface area contributed by atoms with Gasteiger partial charge in [-0.05, 0) is 36.2 Å². The number of nitrogens with zero attached hydrogens (tertiary/aromatic N) is 1. The van der Waals surface area contributed by atoms with Gasteiger partial charge in [0.05, 0.1) is 17.1 Å². The van der Waals surface area contributed by atoms with Crippen LogP contribution in [-0.4, -0.2) is 17.5 Å². The number of ether oxygens (including phenoxy) is 1. The molecule has 0 saturated carbocycles. The number of nitrogens with one attached hydrogen (secondary N) is 1. The fourth-order valence-electron chi connectivity index (χ4n) is 1.76. The number of thiophene rings is 1. The fraction of sp³-hybridized carbons (Fsp3) is 0.267. The van der Waals surface area contributed by atoms with E-state index in [4.69, 9.17) is 4.74 Å². The molecule has 0 spiro atoms. The Morgan fingerprint density at radius 2 is 2.09 bits per heavy atom. The number of carbonyl (C=O) groups is 1. The molecule has 2 aromatic rings. The molecule has 116 valence electrons. The summed E-state index contributed by atoms with van der Waals surface area (Å²) in [7, 11) is 0.